The number of nitrogens with two attached hydrogens (primary N) is 1. The molecule has 2 aliphatic rings. The summed E-state index contributed by atoms with van der Waals surface area (Å²) in [5.74, 6) is 0. The van der Waals surface area contributed by atoms with Gasteiger partial charge in [-0.25, -0.2) is 0 Å². The van der Waals surface area contributed by atoms with Gasteiger partial charge in [-0.3, -0.25) is 4.90 Å². The first-order valence-corrected chi connectivity index (χ1v) is 7.57. The first-order valence-electron chi connectivity index (χ1n) is 7.57. The number of hydrogen-bond acceptors (Lipinski definition) is 2. The predicted octanol–water partition coefficient (Wildman–Crippen LogP) is 3.18. The topological polar surface area (TPSA) is 29.3 Å². The van der Waals surface area contributed by atoms with Crippen molar-refractivity contribution in [2.75, 3.05) is 26.2 Å². The quantitative estimate of drug-likeness (QED) is 0.777. The Kier molecular flexibility index (Phi) is 4.18. The van der Waals surface area contributed by atoms with Gasteiger partial charge >= 0.3 is 0 Å². The van der Waals surface area contributed by atoms with Crippen LogP contribution in [-0.2, 0) is 0 Å². The van der Waals surface area contributed by atoms with Crippen LogP contribution in [0.3, 0.4) is 0 Å². The van der Waals surface area contributed by atoms with Gasteiger partial charge in [0, 0.05) is 13.1 Å². The molecular weight excluding hydrogens is 220 g/mol. The maximum atomic E-state index is 5.93. The van der Waals surface area contributed by atoms with Crippen molar-refractivity contribution < 1.29 is 0 Å². The molecule has 0 unspecified atom stereocenters. The lowest BCUT2D eigenvalue weighted by atomic mass is 9.66. The summed E-state index contributed by atoms with van der Waals surface area (Å²) in [5, 5.41) is 0. The molecule has 1 heterocycles. The molecule has 0 amide bonds. The van der Waals surface area contributed by atoms with E-state index in [0.717, 1.165) is 13.1 Å². The molecule has 104 valence electrons. The molecule has 2 nitrogen and oxygen atoms in total. The molecule has 1 fully saturated rings. The largest absolute Gasteiger partial charge is 0.330 e. The zero-order chi connectivity index (χ0) is 13.2. The Morgan fingerprint density at radius 3 is 2.44 bits per heavy atom. The Morgan fingerprint density at radius 1 is 1.33 bits per heavy atom. The molecule has 0 aromatic heterocycles. The predicted molar refractivity (Wildman–Crippen MR) is 78.6 cm³/mol. The van der Waals surface area contributed by atoms with Gasteiger partial charge < -0.3 is 5.73 Å². The van der Waals surface area contributed by atoms with Gasteiger partial charge in [-0.1, -0.05) is 38.8 Å². The minimum absolute atomic E-state index is 0.360. The molecular formula is C16H30N2. The van der Waals surface area contributed by atoms with Crippen LogP contribution in [0.5, 0.6) is 0 Å². The monoisotopic (exact) mass is 250 g/mol. The standard InChI is InChI=1S/C16H30N2/c1-15(2,3)14-5-10-18(11-6-14)12-9-16(13-17)7-4-8-16/h5H,4,6-13,17H2,1-3H3. The van der Waals surface area contributed by atoms with E-state index in [-0.39, 0.29) is 0 Å². The summed E-state index contributed by atoms with van der Waals surface area (Å²) in [6, 6.07) is 0. The Hall–Kier alpha value is -0.340. The molecule has 1 aliphatic carbocycles. The Bertz CT molecular complexity index is 302. The van der Waals surface area contributed by atoms with Gasteiger partial charge in [0.2, 0.25) is 0 Å². The highest BCUT2D eigenvalue weighted by Gasteiger charge is 2.35. The Labute approximate surface area is 113 Å². The summed E-state index contributed by atoms with van der Waals surface area (Å²) in [4.78, 5) is 2.60. The van der Waals surface area contributed by atoms with Crippen molar-refractivity contribution >= 4 is 0 Å². The highest BCUT2D eigenvalue weighted by Crippen LogP contribution is 2.43. The minimum Gasteiger partial charge on any atom is -0.330 e. The van der Waals surface area contributed by atoms with Crippen LogP contribution in [0.4, 0.5) is 0 Å². The van der Waals surface area contributed by atoms with E-state index in [9.17, 15) is 0 Å². The van der Waals surface area contributed by atoms with Crippen LogP contribution in [0.1, 0.15) is 52.9 Å². The van der Waals surface area contributed by atoms with Crippen LogP contribution < -0.4 is 5.73 Å². The van der Waals surface area contributed by atoms with Crippen LogP contribution in [0, 0.1) is 10.8 Å². The van der Waals surface area contributed by atoms with E-state index in [1.807, 2.05) is 0 Å². The van der Waals surface area contributed by atoms with Gasteiger partial charge in [0.05, 0.1) is 0 Å². The van der Waals surface area contributed by atoms with Crippen molar-refractivity contribution in [3.8, 4) is 0 Å². The van der Waals surface area contributed by atoms with Gasteiger partial charge in [0.15, 0.2) is 0 Å². The summed E-state index contributed by atoms with van der Waals surface area (Å²) < 4.78 is 0. The smallest absolute Gasteiger partial charge is 0.0166 e. The Morgan fingerprint density at radius 2 is 2.06 bits per heavy atom. The Balaban J connectivity index is 1.78. The molecule has 1 aliphatic heterocycles. The molecule has 2 rings (SSSR count). The minimum atomic E-state index is 0.360. The van der Waals surface area contributed by atoms with E-state index in [1.54, 1.807) is 5.57 Å². The van der Waals surface area contributed by atoms with Crippen LogP contribution in [0.2, 0.25) is 0 Å². The summed E-state index contributed by atoms with van der Waals surface area (Å²) >= 11 is 0. The molecule has 0 saturated heterocycles. The third-order valence-electron chi connectivity index (χ3n) is 5.06. The van der Waals surface area contributed by atoms with Crippen LogP contribution in [0.25, 0.3) is 0 Å². The van der Waals surface area contributed by atoms with E-state index < -0.39 is 0 Å². The van der Waals surface area contributed by atoms with E-state index in [1.165, 1.54) is 45.2 Å². The van der Waals surface area contributed by atoms with Crippen molar-refractivity contribution in [3.63, 3.8) is 0 Å². The summed E-state index contributed by atoms with van der Waals surface area (Å²) in [6.45, 7) is 11.5. The van der Waals surface area contributed by atoms with Crippen molar-refractivity contribution in [1.29, 1.82) is 0 Å². The maximum absolute atomic E-state index is 5.93. The molecule has 2 heteroatoms. The third-order valence-corrected chi connectivity index (χ3v) is 5.06. The molecule has 0 aromatic rings. The van der Waals surface area contributed by atoms with Gasteiger partial charge in [0.1, 0.15) is 0 Å². The van der Waals surface area contributed by atoms with Gasteiger partial charge in [-0.15, -0.1) is 0 Å². The molecule has 0 aromatic carbocycles. The normalized spacial score (nSPS) is 24.6. The SMILES string of the molecule is CC(C)(C)C1=CCN(CCC2(CN)CCC2)CC1. The zero-order valence-corrected chi connectivity index (χ0v) is 12.5. The highest BCUT2D eigenvalue weighted by molar-refractivity contribution is 5.14. The molecule has 0 bridgehead atoms. The lowest BCUT2D eigenvalue weighted by molar-refractivity contribution is 0.107. The maximum Gasteiger partial charge on any atom is 0.0166 e. The van der Waals surface area contributed by atoms with Crippen LogP contribution in [0.15, 0.2) is 11.6 Å². The van der Waals surface area contributed by atoms with Crippen molar-refractivity contribution in [1.82, 2.24) is 4.90 Å². The van der Waals surface area contributed by atoms with Gasteiger partial charge in [-0.2, -0.15) is 0 Å². The second-order valence-electron chi connectivity index (χ2n) is 7.34. The molecule has 2 N–H and O–H groups in total. The molecule has 18 heavy (non-hydrogen) atoms. The van der Waals surface area contributed by atoms with Gasteiger partial charge in [0.25, 0.3) is 0 Å². The first kappa shape index (κ1) is 14.1. The summed E-state index contributed by atoms with van der Waals surface area (Å²) in [5.41, 5.74) is 8.44. The molecule has 0 spiro atoms. The highest BCUT2D eigenvalue weighted by atomic mass is 15.1. The lowest BCUT2D eigenvalue weighted by Gasteiger charge is -2.43. The number of hydrogen-bond donors (Lipinski definition) is 1. The third kappa shape index (κ3) is 3.16. The summed E-state index contributed by atoms with van der Waals surface area (Å²) in [7, 11) is 0. The molecule has 0 radical (unpaired) electrons. The fraction of sp³-hybridized carbons (Fsp3) is 0.875. The van der Waals surface area contributed by atoms with E-state index >= 15 is 0 Å². The fourth-order valence-electron chi connectivity index (χ4n) is 3.22. The average molecular weight is 250 g/mol. The van der Waals surface area contributed by atoms with Gasteiger partial charge in [-0.05, 0) is 49.6 Å². The molecule has 1 saturated carbocycles. The van der Waals surface area contributed by atoms with E-state index in [2.05, 4.69) is 31.7 Å². The number of nitrogens with zero attached hydrogens (tertiary/aromatic N) is 1. The van der Waals surface area contributed by atoms with E-state index in [4.69, 9.17) is 5.73 Å². The zero-order valence-electron chi connectivity index (χ0n) is 12.5. The summed E-state index contributed by atoms with van der Waals surface area (Å²) in [6.07, 6.45) is 9.13. The molecule has 0 atom stereocenters. The van der Waals surface area contributed by atoms with Crippen molar-refractivity contribution in [2.45, 2.75) is 52.9 Å². The average Bonchev–Trinajstić information content (AvgIpc) is 2.28. The second-order valence-corrected chi connectivity index (χ2v) is 7.34. The first-order chi connectivity index (χ1) is 8.45. The van der Waals surface area contributed by atoms with Crippen LogP contribution >= 0.6 is 0 Å². The lowest BCUT2D eigenvalue weighted by Crippen LogP contribution is -2.41. The number of rotatable bonds is 4. The van der Waals surface area contributed by atoms with Crippen molar-refractivity contribution in [3.05, 3.63) is 11.6 Å². The van der Waals surface area contributed by atoms with E-state index in [0.29, 0.717) is 10.8 Å². The second kappa shape index (κ2) is 5.34. The van der Waals surface area contributed by atoms with Crippen molar-refractivity contribution in [2.24, 2.45) is 16.6 Å². The fourth-order valence-corrected chi connectivity index (χ4v) is 3.22. The van der Waals surface area contributed by atoms with Crippen LogP contribution in [-0.4, -0.2) is 31.1 Å².